The van der Waals surface area contributed by atoms with Gasteiger partial charge in [-0.15, -0.1) is 0 Å². The molecule has 0 aliphatic carbocycles. The van der Waals surface area contributed by atoms with Crippen molar-refractivity contribution < 1.29 is 33.2 Å². The molecule has 0 spiro atoms. The molecule has 60 heavy (non-hydrogen) atoms. The Hall–Kier alpha value is -0.0100. The monoisotopic (exact) mass is 875 g/mol. The fourth-order valence-corrected chi connectivity index (χ4v) is 11.2. The van der Waals surface area contributed by atoms with Crippen LogP contribution in [0.25, 0.3) is 0 Å². The summed E-state index contributed by atoms with van der Waals surface area (Å²) in [6.45, 7) is 8.16. The van der Waals surface area contributed by atoms with Crippen LogP contribution in [0.1, 0.15) is 285 Å². The van der Waals surface area contributed by atoms with Crippen molar-refractivity contribution in [1.82, 2.24) is 0 Å². The molecule has 0 rings (SSSR count). The molecule has 0 amide bonds. The van der Waals surface area contributed by atoms with Crippen LogP contribution in [0.3, 0.4) is 0 Å². The van der Waals surface area contributed by atoms with E-state index >= 15 is 0 Å². The molecular formula is C52H109NO6P+. The standard InChI is InChI=1S/C52H108NO6P/c1-8-12-16-20-24-28-32-36-40-44-51(53(5,6)7,45-41-37-33-29-25-21-17-13-9-2)52(59-60(56,57)58-49-50(55)48-54,46-42-38-34-30-26-22-18-14-10-3)47-43-39-35-31-27-23-19-15-11-4/h50,54-55H,8-49H2,1-7H3/p+1. The number of quaternary nitrogens is 1. The van der Waals surface area contributed by atoms with Crippen LogP contribution in [0, 0.1) is 0 Å². The van der Waals surface area contributed by atoms with Crippen molar-refractivity contribution in [2.24, 2.45) is 0 Å². The summed E-state index contributed by atoms with van der Waals surface area (Å²) in [7, 11) is 2.36. The molecular weight excluding hydrogens is 766 g/mol. The molecule has 0 bridgehead atoms. The van der Waals surface area contributed by atoms with Crippen LogP contribution in [0.5, 0.6) is 0 Å². The third-order valence-electron chi connectivity index (χ3n) is 13.8. The van der Waals surface area contributed by atoms with E-state index in [1.807, 2.05) is 0 Å². The van der Waals surface area contributed by atoms with E-state index < -0.39 is 38.3 Å². The third-order valence-corrected chi connectivity index (χ3v) is 14.9. The minimum absolute atomic E-state index is 0.396. The highest BCUT2D eigenvalue weighted by Gasteiger charge is 2.61. The first kappa shape index (κ1) is 60.0. The van der Waals surface area contributed by atoms with E-state index in [4.69, 9.17) is 9.05 Å². The highest BCUT2D eigenvalue weighted by Crippen LogP contribution is 2.58. The summed E-state index contributed by atoms with van der Waals surface area (Å²) in [5.74, 6) is 0. The van der Waals surface area contributed by atoms with E-state index in [2.05, 4.69) is 48.8 Å². The van der Waals surface area contributed by atoms with Gasteiger partial charge in [0.2, 0.25) is 0 Å². The molecule has 0 radical (unpaired) electrons. The summed E-state index contributed by atoms with van der Waals surface area (Å²) in [6.07, 6.45) is 46.9. The molecule has 0 heterocycles. The number of aliphatic hydroxyl groups is 2. The Balaban J connectivity index is 6.76. The van der Waals surface area contributed by atoms with E-state index in [1.165, 1.54) is 193 Å². The van der Waals surface area contributed by atoms with E-state index in [-0.39, 0.29) is 0 Å². The van der Waals surface area contributed by atoms with Crippen LogP contribution in [-0.4, -0.2) is 71.2 Å². The Kier molecular flexibility index (Phi) is 39.4. The number of rotatable bonds is 48. The number of aliphatic hydroxyl groups excluding tert-OH is 2. The second-order valence-corrected chi connectivity index (χ2v) is 21.4. The number of phosphoric acid groups is 1. The lowest BCUT2D eigenvalue weighted by Crippen LogP contribution is -2.70. The lowest BCUT2D eigenvalue weighted by atomic mass is 9.66. The van der Waals surface area contributed by atoms with Crippen molar-refractivity contribution in [1.29, 1.82) is 0 Å². The number of phosphoric ester groups is 1. The second-order valence-electron chi connectivity index (χ2n) is 20.0. The molecule has 0 saturated carbocycles. The highest BCUT2D eigenvalue weighted by atomic mass is 31.2. The van der Waals surface area contributed by atoms with Gasteiger partial charge in [0.15, 0.2) is 0 Å². The van der Waals surface area contributed by atoms with Crippen molar-refractivity contribution in [3.63, 3.8) is 0 Å². The van der Waals surface area contributed by atoms with Gasteiger partial charge in [0.05, 0.1) is 34.4 Å². The molecule has 0 aliphatic heterocycles. The first-order chi connectivity index (χ1) is 28.9. The Labute approximate surface area is 375 Å². The average molecular weight is 875 g/mol. The zero-order valence-electron chi connectivity index (χ0n) is 41.7. The summed E-state index contributed by atoms with van der Waals surface area (Å²) >= 11 is 0. The normalized spacial score (nSPS) is 14.2. The summed E-state index contributed by atoms with van der Waals surface area (Å²) in [5.41, 5.74) is -1.27. The zero-order chi connectivity index (χ0) is 44.7. The largest absolute Gasteiger partial charge is 0.473 e. The van der Waals surface area contributed by atoms with Crippen LogP contribution in [0.4, 0.5) is 0 Å². The van der Waals surface area contributed by atoms with Gasteiger partial charge < -0.3 is 19.6 Å². The van der Waals surface area contributed by atoms with Crippen LogP contribution in [0.15, 0.2) is 0 Å². The van der Waals surface area contributed by atoms with Gasteiger partial charge in [0, 0.05) is 12.8 Å². The maximum Gasteiger partial charge on any atom is 0.473 e. The third kappa shape index (κ3) is 29.4. The number of hydrogen-bond acceptors (Lipinski definition) is 5. The van der Waals surface area contributed by atoms with E-state index in [1.54, 1.807) is 0 Å². The van der Waals surface area contributed by atoms with Crippen LogP contribution in [0.2, 0.25) is 0 Å². The SMILES string of the molecule is CCCCCCCCCCCC(CCCCCCCCCCC)(OP(=O)(O)OCC(O)CO)C(CCCCCCCCCCC)(CCCCCCCCCCC)[N+](C)(C)C. The number of unbranched alkanes of at least 4 members (excludes halogenated alkanes) is 32. The Morgan fingerprint density at radius 2 is 0.700 bits per heavy atom. The molecule has 2 atom stereocenters. The lowest BCUT2D eigenvalue weighted by molar-refractivity contribution is -0.934. The molecule has 0 aromatic carbocycles. The van der Waals surface area contributed by atoms with Crippen LogP contribution in [-0.2, 0) is 13.6 Å². The van der Waals surface area contributed by atoms with Crippen molar-refractivity contribution >= 4 is 7.82 Å². The summed E-state index contributed by atoms with van der Waals surface area (Å²) in [4.78, 5) is 11.7. The highest BCUT2D eigenvalue weighted by molar-refractivity contribution is 7.47. The van der Waals surface area contributed by atoms with Crippen molar-refractivity contribution in [2.75, 3.05) is 34.4 Å². The molecule has 3 N–H and O–H groups in total. The van der Waals surface area contributed by atoms with Gasteiger partial charge in [-0.05, 0) is 25.7 Å². The number of hydrogen-bond donors (Lipinski definition) is 3. The van der Waals surface area contributed by atoms with Gasteiger partial charge in [-0.25, -0.2) is 4.57 Å². The predicted octanol–water partition coefficient (Wildman–Crippen LogP) is 16.3. The maximum atomic E-state index is 14.3. The van der Waals surface area contributed by atoms with Crippen molar-refractivity contribution in [2.45, 2.75) is 302 Å². The fraction of sp³-hybridized carbons (Fsp3) is 1.00. The van der Waals surface area contributed by atoms with Crippen molar-refractivity contribution in [3.05, 3.63) is 0 Å². The predicted molar refractivity (Wildman–Crippen MR) is 261 cm³/mol. The Morgan fingerprint density at radius 1 is 0.450 bits per heavy atom. The molecule has 0 aromatic heterocycles. The van der Waals surface area contributed by atoms with Gasteiger partial charge in [0.25, 0.3) is 0 Å². The zero-order valence-corrected chi connectivity index (χ0v) is 42.6. The van der Waals surface area contributed by atoms with Gasteiger partial charge in [-0.1, -0.05) is 246 Å². The van der Waals surface area contributed by atoms with Gasteiger partial charge in [-0.2, -0.15) is 0 Å². The Bertz CT molecular complexity index is 913. The minimum Gasteiger partial charge on any atom is -0.394 e. The van der Waals surface area contributed by atoms with Gasteiger partial charge in [-0.3, -0.25) is 9.05 Å². The first-order valence-electron chi connectivity index (χ1n) is 26.7. The average Bonchev–Trinajstić information content (AvgIpc) is 3.21. The first-order valence-corrected chi connectivity index (χ1v) is 28.2. The summed E-state index contributed by atoms with van der Waals surface area (Å²) in [6, 6.07) is 0. The fourth-order valence-electron chi connectivity index (χ4n) is 10.0. The number of likely N-dealkylation sites (N-methyl/N-ethyl adjacent to an activating group) is 1. The van der Waals surface area contributed by atoms with Gasteiger partial charge >= 0.3 is 7.82 Å². The molecule has 362 valence electrons. The molecule has 0 saturated heterocycles. The summed E-state index contributed by atoms with van der Waals surface area (Å²) < 4.78 is 27.5. The molecule has 0 fully saturated rings. The lowest BCUT2D eigenvalue weighted by Gasteiger charge is -2.57. The molecule has 0 aromatic rings. The quantitative estimate of drug-likeness (QED) is 0.0320. The maximum absolute atomic E-state index is 14.3. The second kappa shape index (κ2) is 39.4. The van der Waals surface area contributed by atoms with Crippen LogP contribution < -0.4 is 0 Å². The van der Waals surface area contributed by atoms with E-state index in [0.717, 1.165) is 64.2 Å². The van der Waals surface area contributed by atoms with Crippen molar-refractivity contribution in [3.8, 4) is 0 Å². The van der Waals surface area contributed by atoms with Gasteiger partial charge in [0.1, 0.15) is 17.2 Å². The summed E-state index contributed by atoms with van der Waals surface area (Å²) in [5, 5.41) is 19.8. The molecule has 8 heteroatoms. The Morgan fingerprint density at radius 3 is 0.950 bits per heavy atom. The topological polar surface area (TPSA) is 96.2 Å². The molecule has 7 nitrogen and oxygen atoms in total. The van der Waals surface area contributed by atoms with Crippen LogP contribution >= 0.6 is 7.82 Å². The minimum atomic E-state index is -4.61. The van der Waals surface area contributed by atoms with E-state index in [0.29, 0.717) is 4.48 Å². The molecule has 0 aliphatic rings. The smallest absolute Gasteiger partial charge is 0.394 e. The van der Waals surface area contributed by atoms with E-state index in [9.17, 15) is 19.7 Å². The molecule has 2 unspecified atom stereocenters. The number of nitrogens with zero attached hydrogens (tertiary/aromatic N) is 1.